The SMILES string of the molecule is O=C(Oc1ccc2c(=O)c(Oc3ccc4ccccc4c3)coc2c1)c1ccccc1[N+](=O)[O-]. The van der Waals surface area contributed by atoms with Crippen LogP contribution < -0.4 is 14.9 Å². The molecule has 8 heteroatoms. The van der Waals surface area contributed by atoms with Gasteiger partial charge >= 0.3 is 5.97 Å². The van der Waals surface area contributed by atoms with E-state index in [0.717, 1.165) is 10.8 Å². The van der Waals surface area contributed by atoms with E-state index in [1.807, 2.05) is 36.4 Å². The number of ether oxygens (including phenoxy) is 2. The smallest absolute Gasteiger partial charge is 0.350 e. The van der Waals surface area contributed by atoms with Crippen LogP contribution in [0.3, 0.4) is 0 Å². The number of para-hydroxylation sites is 1. The number of carbonyl (C=O) groups is 1. The van der Waals surface area contributed by atoms with Crippen LogP contribution in [0.1, 0.15) is 10.4 Å². The van der Waals surface area contributed by atoms with Crippen LogP contribution in [0.2, 0.25) is 0 Å². The molecule has 5 aromatic rings. The van der Waals surface area contributed by atoms with Gasteiger partial charge in [0, 0.05) is 12.1 Å². The van der Waals surface area contributed by atoms with Gasteiger partial charge in [-0.05, 0) is 41.1 Å². The predicted molar refractivity (Wildman–Crippen MR) is 125 cm³/mol. The molecule has 0 aliphatic carbocycles. The fourth-order valence-electron chi connectivity index (χ4n) is 3.55. The maximum absolute atomic E-state index is 12.9. The van der Waals surface area contributed by atoms with E-state index in [4.69, 9.17) is 13.9 Å². The molecule has 8 nitrogen and oxygen atoms in total. The molecule has 1 aromatic heterocycles. The maximum Gasteiger partial charge on any atom is 0.350 e. The lowest BCUT2D eigenvalue weighted by molar-refractivity contribution is -0.385. The van der Waals surface area contributed by atoms with Gasteiger partial charge in [-0.25, -0.2) is 4.79 Å². The van der Waals surface area contributed by atoms with Gasteiger partial charge in [-0.15, -0.1) is 0 Å². The van der Waals surface area contributed by atoms with Crippen LogP contribution in [0.4, 0.5) is 5.69 Å². The van der Waals surface area contributed by atoms with Crippen molar-refractivity contribution in [2.75, 3.05) is 0 Å². The first-order valence-electron chi connectivity index (χ1n) is 10.2. The number of hydrogen-bond donors (Lipinski definition) is 0. The van der Waals surface area contributed by atoms with Gasteiger partial charge in [0.25, 0.3) is 5.69 Å². The molecular formula is C26H15NO7. The molecular weight excluding hydrogens is 438 g/mol. The number of nitrogens with zero attached hydrogens (tertiary/aromatic N) is 1. The van der Waals surface area contributed by atoms with Crippen molar-refractivity contribution in [1.82, 2.24) is 0 Å². The normalized spacial score (nSPS) is 10.8. The molecule has 0 spiro atoms. The van der Waals surface area contributed by atoms with Crippen LogP contribution in [0.15, 0.2) is 100 Å². The van der Waals surface area contributed by atoms with Crippen LogP contribution in [-0.4, -0.2) is 10.9 Å². The van der Waals surface area contributed by atoms with Gasteiger partial charge in [-0.3, -0.25) is 14.9 Å². The van der Waals surface area contributed by atoms with Crippen molar-refractivity contribution in [3.63, 3.8) is 0 Å². The molecule has 166 valence electrons. The molecule has 0 aliphatic heterocycles. The van der Waals surface area contributed by atoms with Crippen molar-refractivity contribution in [2.24, 2.45) is 0 Å². The highest BCUT2D eigenvalue weighted by molar-refractivity contribution is 5.95. The number of hydrogen-bond acceptors (Lipinski definition) is 7. The molecule has 0 saturated carbocycles. The number of benzene rings is 4. The van der Waals surface area contributed by atoms with E-state index in [0.29, 0.717) is 5.75 Å². The first-order chi connectivity index (χ1) is 16.5. The number of esters is 1. The van der Waals surface area contributed by atoms with Gasteiger partial charge in [-0.1, -0.05) is 42.5 Å². The van der Waals surface area contributed by atoms with E-state index >= 15 is 0 Å². The molecule has 1 heterocycles. The molecule has 0 aliphatic rings. The molecule has 34 heavy (non-hydrogen) atoms. The average Bonchev–Trinajstić information content (AvgIpc) is 2.85. The third-order valence-corrected chi connectivity index (χ3v) is 5.19. The Kier molecular flexibility index (Phi) is 5.23. The Morgan fingerprint density at radius 3 is 2.41 bits per heavy atom. The molecule has 0 saturated heterocycles. The van der Waals surface area contributed by atoms with Crippen molar-refractivity contribution in [2.45, 2.75) is 0 Å². The topological polar surface area (TPSA) is 109 Å². The Labute approximate surface area is 191 Å². The summed E-state index contributed by atoms with van der Waals surface area (Å²) in [6, 6.07) is 22.9. The van der Waals surface area contributed by atoms with E-state index in [9.17, 15) is 19.7 Å². The number of carbonyl (C=O) groups excluding carboxylic acids is 1. The zero-order valence-electron chi connectivity index (χ0n) is 17.5. The average molecular weight is 453 g/mol. The molecule has 0 amide bonds. The number of rotatable bonds is 5. The predicted octanol–water partition coefficient (Wildman–Crippen LogP) is 5.87. The molecule has 0 atom stereocenters. The number of nitro groups is 1. The zero-order valence-corrected chi connectivity index (χ0v) is 17.5. The molecule has 4 aromatic carbocycles. The number of nitro benzene ring substituents is 1. The zero-order chi connectivity index (χ0) is 23.7. The summed E-state index contributed by atoms with van der Waals surface area (Å²) in [5.41, 5.74) is -0.779. The van der Waals surface area contributed by atoms with Crippen LogP contribution in [-0.2, 0) is 0 Å². The van der Waals surface area contributed by atoms with E-state index in [1.54, 1.807) is 6.07 Å². The summed E-state index contributed by atoms with van der Waals surface area (Å²) in [7, 11) is 0. The molecule has 0 radical (unpaired) electrons. The molecule has 0 N–H and O–H groups in total. The summed E-state index contributed by atoms with van der Waals surface area (Å²) < 4.78 is 16.6. The monoisotopic (exact) mass is 453 g/mol. The fraction of sp³-hybridized carbons (Fsp3) is 0. The lowest BCUT2D eigenvalue weighted by atomic mass is 10.1. The standard InChI is InChI=1S/C26H15NO7/c28-25-21-12-11-19(34-26(29)20-7-3-4-8-22(20)27(30)31)14-23(21)32-15-24(25)33-18-10-9-16-5-1-2-6-17(16)13-18/h1-15H. The van der Waals surface area contributed by atoms with Gasteiger partial charge in [0.15, 0.2) is 0 Å². The first kappa shape index (κ1) is 20.9. The minimum absolute atomic E-state index is 0.00689. The lowest BCUT2D eigenvalue weighted by Gasteiger charge is -2.08. The van der Waals surface area contributed by atoms with Crippen molar-refractivity contribution in [3.05, 3.63) is 117 Å². The Bertz CT molecular complexity index is 1640. The molecule has 0 bridgehead atoms. The quantitative estimate of drug-likeness (QED) is 0.142. The Morgan fingerprint density at radius 1 is 0.853 bits per heavy atom. The summed E-state index contributed by atoms with van der Waals surface area (Å²) in [5.74, 6) is -0.333. The van der Waals surface area contributed by atoms with Crippen molar-refractivity contribution >= 4 is 33.4 Å². The van der Waals surface area contributed by atoms with Crippen molar-refractivity contribution in [1.29, 1.82) is 0 Å². The van der Waals surface area contributed by atoms with Gasteiger partial charge in [-0.2, -0.15) is 0 Å². The Morgan fingerprint density at radius 2 is 1.59 bits per heavy atom. The third-order valence-electron chi connectivity index (χ3n) is 5.19. The van der Waals surface area contributed by atoms with E-state index in [-0.39, 0.29) is 33.7 Å². The minimum atomic E-state index is -0.898. The summed E-state index contributed by atoms with van der Waals surface area (Å²) >= 11 is 0. The second-order valence-electron chi connectivity index (χ2n) is 7.36. The minimum Gasteiger partial charge on any atom is -0.460 e. The van der Waals surface area contributed by atoms with Crippen LogP contribution in [0.5, 0.6) is 17.2 Å². The van der Waals surface area contributed by atoms with Gasteiger partial charge < -0.3 is 13.9 Å². The highest BCUT2D eigenvalue weighted by Gasteiger charge is 2.21. The second-order valence-corrected chi connectivity index (χ2v) is 7.36. The van der Waals surface area contributed by atoms with Crippen LogP contribution in [0, 0.1) is 10.1 Å². The lowest BCUT2D eigenvalue weighted by Crippen LogP contribution is -2.11. The summed E-state index contributed by atoms with van der Waals surface area (Å²) in [6.45, 7) is 0. The summed E-state index contributed by atoms with van der Waals surface area (Å²) in [6.07, 6.45) is 1.19. The van der Waals surface area contributed by atoms with E-state index < -0.39 is 16.3 Å². The third kappa shape index (κ3) is 3.95. The van der Waals surface area contributed by atoms with E-state index in [1.165, 1.54) is 48.7 Å². The second kappa shape index (κ2) is 8.51. The summed E-state index contributed by atoms with van der Waals surface area (Å²) in [5, 5.41) is 13.4. The largest absolute Gasteiger partial charge is 0.460 e. The van der Waals surface area contributed by atoms with Crippen LogP contribution in [0.25, 0.3) is 21.7 Å². The van der Waals surface area contributed by atoms with Crippen molar-refractivity contribution in [3.8, 4) is 17.2 Å². The van der Waals surface area contributed by atoms with E-state index in [2.05, 4.69) is 0 Å². The summed E-state index contributed by atoms with van der Waals surface area (Å²) in [4.78, 5) is 35.9. The maximum atomic E-state index is 12.9. The van der Waals surface area contributed by atoms with Crippen LogP contribution >= 0.6 is 0 Å². The fourth-order valence-corrected chi connectivity index (χ4v) is 3.55. The highest BCUT2D eigenvalue weighted by atomic mass is 16.6. The van der Waals surface area contributed by atoms with Gasteiger partial charge in [0.2, 0.25) is 11.2 Å². The first-order valence-corrected chi connectivity index (χ1v) is 10.2. The molecule has 0 fully saturated rings. The van der Waals surface area contributed by atoms with Gasteiger partial charge in [0.05, 0.1) is 10.3 Å². The number of fused-ring (bicyclic) bond motifs is 2. The van der Waals surface area contributed by atoms with Crippen molar-refractivity contribution < 1.29 is 23.6 Å². The molecule has 0 unspecified atom stereocenters. The Balaban J connectivity index is 1.41. The Hall–Kier alpha value is -4.98. The van der Waals surface area contributed by atoms with Gasteiger partial charge in [0.1, 0.15) is 28.9 Å². The highest BCUT2D eigenvalue weighted by Crippen LogP contribution is 2.27. The molecule has 5 rings (SSSR count).